The van der Waals surface area contributed by atoms with Crippen molar-refractivity contribution in [2.75, 3.05) is 39.4 Å². The van der Waals surface area contributed by atoms with E-state index in [9.17, 15) is 9.00 Å². The molecule has 0 spiro atoms. The van der Waals surface area contributed by atoms with E-state index in [0.29, 0.717) is 12.5 Å². The van der Waals surface area contributed by atoms with Crippen LogP contribution in [-0.4, -0.2) is 64.5 Å². The molecule has 2 N–H and O–H groups in total. The molecule has 8 heteroatoms. The van der Waals surface area contributed by atoms with Crippen LogP contribution in [-0.2, 0) is 22.3 Å². The highest BCUT2D eigenvalue weighted by atomic mass is 32.2. The lowest BCUT2D eigenvalue weighted by atomic mass is 9.89. The van der Waals surface area contributed by atoms with Gasteiger partial charge in [-0.1, -0.05) is 49.6 Å². The number of fused-ring (bicyclic) bond motifs is 1. The molecular weight excluding hydrogens is 532 g/mol. The lowest BCUT2D eigenvalue weighted by molar-refractivity contribution is 0.0383. The standard InChI is InChI=1S/C33H46N4O3S/c1-24-29(32(38)34-16-17-36-18-20-40-21-19-36)22-30(37(24)23-25-10-6-5-7-11-25)27-14-15-31(41(39)35-33(2,3)4)28-13-9-8-12-26(27)28/h8-9,12-15,22,25,35H,5-7,10-11,16-21,23H2,1-4H3,(H,34,38). The quantitative estimate of drug-likeness (QED) is 0.343. The van der Waals surface area contributed by atoms with Crippen LogP contribution in [0.4, 0.5) is 0 Å². The van der Waals surface area contributed by atoms with Crippen molar-refractivity contribution in [1.82, 2.24) is 19.5 Å². The maximum absolute atomic E-state index is 13.5. The zero-order chi connectivity index (χ0) is 29.0. The highest BCUT2D eigenvalue weighted by Crippen LogP contribution is 2.36. The van der Waals surface area contributed by atoms with Gasteiger partial charge in [0.1, 0.15) is 11.0 Å². The summed E-state index contributed by atoms with van der Waals surface area (Å²) in [6, 6.07) is 14.4. The number of hydrogen-bond acceptors (Lipinski definition) is 4. The Kier molecular flexibility index (Phi) is 9.64. The van der Waals surface area contributed by atoms with Crippen LogP contribution in [0.15, 0.2) is 47.4 Å². The highest BCUT2D eigenvalue weighted by Gasteiger charge is 2.24. The largest absolute Gasteiger partial charge is 0.379 e. The third kappa shape index (κ3) is 7.28. The Bertz CT molecular complexity index is 1380. The number of carbonyl (C=O) groups excluding carboxylic acids is 1. The number of carbonyl (C=O) groups is 1. The van der Waals surface area contributed by atoms with Crippen LogP contribution in [0.25, 0.3) is 22.0 Å². The molecule has 0 bridgehead atoms. The normalized spacial score (nSPS) is 18.0. The minimum atomic E-state index is -1.35. The van der Waals surface area contributed by atoms with Crippen LogP contribution in [0.3, 0.4) is 0 Å². The monoisotopic (exact) mass is 578 g/mol. The average Bonchev–Trinajstić information content (AvgIpc) is 3.28. The molecule has 2 aromatic carbocycles. The Morgan fingerprint density at radius 2 is 1.73 bits per heavy atom. The molecule has 1 saturated carbocycles. The number of hydrogen-bond donors (Lipinski definition) is 2. The van der Waals surface area contributed by atoms with E-state index in [4.69, 9.17) is 4.74 Å². The summed E-state index contributed by atoms with van der Waals surface area (Å²) in [5, 5.41) is 5.21. The molecular formula is C33H46N4O3S. The fraction of sp³-hybridized carbons (Fsp3) is 0.545. The summed E-state index contributed by atoms with van der Waals surface area (Å²) < 4.78 is 24.4. The summed E-state index contributed by atoms with van der Waals surface area (Å²) in [5.74, 6) is 0.593. The molecule has 2 heterocycles. The molecule has 1 unspecified atom stereocenters. The molecule has 222 valence electrons. The Morgan fingerprint density at radius 1 is 1.02 bits per heavy atom. The van der Waals surface area contributed by atoms with Gasteiger partial charge in [-0.25, -0.2) is 8.93 Å². The first-order valence-electron chi connectivity index (χ1n) is 15.2. The molecule has 5 rings (SSSR count). The molecule has 41 heavy (non-hydrogen) atoms. The second kappa shape index (κ2) is 13.2. The van der Waals surface area contributed by atoms with E-state index in [0.717, 1.165) is 77.6 Å². The predicted octanol–water partition coefficient (Wildman–Crippen LogP) is 5.67. The van der Waals surface area contributed by atoms with Gasteiger partial charge < -0.3 is 14.6 Å². The van der Waals surface area contributed by atoms with E-state index in [1.165, 1.54) is 32.1 Å². The van der Waals surface area contributed by atoms with E-state index in [1.54, 1.807) is 0 Å². The van der Waals surface area contributed by atoms with Gasteiger partial charge in [0.15, 0.2) is 0 Å². The molecule has 1 aliphatic carbocycles. The third-order valence-electron chi connectivity index (χ3n) is 8.35. The maximum atomic E-state index is 13.5. The first-order valence-corrected chi connectivity index (χ1v) is 16.4. The Morgan fingerprint density at radius 3 is 2.44 bits per heavy atom. The average molecular weight is 579 g/mol. The van der Waals surface area contributed by atoms with Gasteiger partial charge in [0.25, 0.3) is 5.91 Å². The smallest absolute Gasteiger partial charge is 0.253 e. The number of nitrogens with one attached hydrogen (secondary N) is 2. The minimum absolute atomic E-state index is 0.0178. The highest BCUT2D eigenvalue weighted by molar-refractivity contribution is 7.83. The van der Waals surface area contributed by atoms with Crippen LogP contribution in [0.1, 0.15) is 68.9 Å². The number of aromatic nitrogens is 1. The van der Waals surface area contributed by atoms with Gasteiger partial charge in [0, 0.05) is 55.2 Å². The van der Waals surface area contributed by atoms with E-state index in [1.807, 2.05) is 39.0 Å². The van der Waals surface area contributed by atoms with E-state index in [-0.39, 0.29) is 11.4 Å². The molecule has 2 fully saturated rings. The van der Waals surface area contributed by atoms with Crippen molar-refractivity contribution in [3.05, 3.63) is 53.7 Å². The number of rotatable bonds is 9. The molecule has 3 aromatic rings. The van der Waals surface area contributed by atoms with E-state index < -0.39 is 11.0 Å². The Labute approximate surface area is 247 Å². The van der Waals surface area contributed by atoms with Gasteiger partial charge in [-0.2, -0.15) is 0 Å². The van der Waals surface area contributed by atoms with E-state index in [2.05, 4.69) is 50.7 Å². The van der Waals surface area contributed by atoms with Crippen molar-refractivity contribution in [2.45, 2.75) is 76.8 Å². The summed E-state index contributed by atoms with van der Waals surface area (Å²) in [6.45, 7) is 13.9. The van der Waals surface area contributed by atoms with E-state index >= 15 is 0 Å². The van der Waals surface area contributed by atoms with Crippen molar-refractivity contribution in [3.63, 3.8) is 0 Å². The minimum Gasteiger partial charge on any atom is -0.379 e. The second-order valence-corrected chi connectivity index (χ2v) is 13.8. The van der Waals surface area contributed by atoms with Gasteiger partial charge >= 0.3 is 0 Å². The maximum Gasteiger partial charge on any atom is 0.253 e. The van der Waals surface area contributed by atoms with Gasteiger partial charge in [0.2, 0.25) is 0 Å². The molecule has 1 atom stereocenters. The number of amides is 1. The van der Waals surface area contributed by atoms with Crippen molar-refractivity contribution >= 4 is 27.7 Å². The summed E-state index contributed by atoms with van der Waals surface area (Å²) >= 11 is 0. The van der Waals surface area contributed by atoms with Crippen LogP contribution >= 0.6 is 0 Å². The zero-order valence-electron chi connectivity index (χ0n) is 25.1. The molecule has 0 radical (unpaired) electrons. The summed E-state index contributed by atoms with van der Waals surface area (Å²) in [4.78, 5) is 16.6. The lowest BCUT2D eigenvalue weighted by Gasteiger charge is -2.26. The first kappa shape index (κ1) is 30.0. The number of ether oxygens (including phenoxy) is 1. The van der Waals surface area contributed by atoms with Gasteiger partial charge in [-0.3, -0.25) is 9.69 Å². The topological polar surface area (TPSA) is 75.6 Å². The van der Waals surface area contributed by atoms with Crippen molar-refractivity contribution in [3.8, 4) is 11.3 Å². The van der Waals surface area contributed by atoms with Crippen molar-refractivity contribution in [1.29, 1.82) is 0 Å². The third-order valence-corrected chi connectivity index (χ3v) is 9.91. The molecule has 1 amide bonds. The molecule has 1 aliphatic heterocycles. The van der Waals surface area contributed by atoms with Crippen molar-refractivity contribution in [2.24, 2.45) is 5.92 Å². The molecule has 1 saturated heterocycles. The number of nitrogens with zero attached hydrogens (tertiary/aromatic N) is 2. The second-order valence-electron chi connectivity index (χ2n) is 12.6. The van der Waals surface area contributed by atoms with Gasteiger partial charge in [0.05, 0.1) is 23.7 Å². The zero-order valence-corrected chi connectivity index (χ0v) is 25.9. The first-order chi connectivity index (χ1) is 19.7. The van der Waals surface area contributed by atoms with Gasteiger partial charge in [-0.05, 0) is 69.4 Å². The molecule has 7 nitrogen and oxygen atoms in total. The summed E-state index contributed by atoms with van der Waals surface area (Å²) in [6.07, 6.45) is 6.33. The fourth-order valence-electron chi connectivity index (χ4n) is 6.20. The number of benzene rings is 2. The lowest BCUT2D eigenvalue weighted by Crippen LogP contribution is -2.41. The van der Waals surface area contributed by atoms with Crippen LogP contribution < -0.4 is 10.0 Å². The van der Waals surface area contributed by atoms with Gasteiger partial charge in [-0.15, -0.1) is 0 Å². The number of morpholine rings is 1. The predicted molar refractivity (Wildman–Crippen MR) is 168 cm³/mol. The summed E-state index contributed by atoms with van der Waals surface area (Å²) in [7, 11) is -1.35. The Balaban J connectivity index is 1.49. The van der Waals surface area contributed by atoms with Crippen LogP contribution in [0.5, 0.6) is 0 Å². The van der Waals surface area contributed by atoms with Crippen LogP contribution in [0.2, 0.25) is 0 Å². The summed E-state index contributed by atoms with van der Waals surface area (Å²) in [5.41, 5.74) is 3.61. The van der Waals surface area contributed by atoms with Crippen LogP contribution in [0, 0.1) is 12.8 Å². The molecule has 1 aromatic heterocycles. The molecule has 2 aliphatic rings. The SMILES string of the molecule is Cc1c(C(=O)NCCN2CCOCC2)cc(-c2ccc(S(=O)NC(C)(C)C)c3ccccc23)n1CC1CCCCC1. The Hall–Kier alpha value is -2.52. The fourth-order valence-corrected chi connectivity index (χ4v) is 7.43. The van der Waals surface area contributed by atoms with Crippen molar-refractivity contribution < 1.29 is 13.7 Å².